The van der Waals surface area contributed by atoms with Crippen LogP contribution in [-0.2, 0) is 22.1 Å². The number of hydrogen-bond acceptors (Lipinski definition) is 6. The molecule has 146 valence electrons. The molecule has 27 heavy (non-hydrogen) atoms. The van der Waals surface area contributed by atoms with Crippen LogP contribution < -0.4 is 5.32 Å². The lowest BCUT2D eigenvalue weighted by molar-refractivity contribution is 0.142. The number of benzene rings is 1. The Bertz CT molecular complexity index is 903. The Labute approximate surface area is 163 Å². The molecular formula is C18H24N4O3S2. The van der Waals surface area contributed by atoms with Gasteiger partial charge >= 0.3 is 6.03 Å². The van der Waals surface area contributed by atoms with Crippen molar-refractivity contribution in [2.45, 2.75) is 19.2 Å². The second kappa shape index (κ2) is 8.37. The Morgan fingerprint density at radius 1 is 1.26 bits per heavy atom. The minimum absolute atomic E-state index is 0.0362. The van der Waals surface area contributed by atoms with E-state index in [9.17, 15) is 13.2 Å². The molecule has 2 amide bonds. The van der Waals surface area contributed by atoms with E-state index in [0.717, 1.165) is 30.3 Å². The third-order valence-electron chi connectivity index (χ3n) is 4.32. The summed E-state index contributed by atoms with van der Waals surface area (Å²) in [5.74, 6) is -0.0362. The van der Waals surface area contributed by atoms with E-state index in [0.29, 0.717) is 24.3 Å². The highest BCUT2D eigenvalue weighted by Gasteiger charge is 2.21. The highest BCUT2D eigenvalue weighted by atomic mass is 32.2. The zero-order chi connectivity index (χ0) is 19.4. The number of nitrogens with zero attached hydrogens (tertiary/aromatic N) is 3. The number of amides is 2. The van der Waals surface area contributed by atoms with E-state index in [1.807, 2.05) is 6.92 Å². The largest absolute Gasteiger partial charge is 0.322 e. The molecule has 9 heteroatoms. The molecule has 1 aliphatic heterocycles. The molecule has 2 heterocycles. The second-order valence-electron chi connectivity index (χ2n) is 6.82. The third kappa shape index (κ3) is 6.02. The molecule has 0 spiro atoms. The molecule has 1 aliphatic rings. The maximum absolute atomic E-state index is 12.5. The zero-order valence-corrected chi connectivity index (χ0v) is 17.1. The minimum Gasteiger partial charge on any atom is -0.322 e. The van der Waals surface area contributed by atoms with Crippen molar-refractivity contribution in [2.75, 3.05) is 37.8 Å². The van der Waals surface area contributed by atoms with Gasteiger partial charge < -0.3 is 10.2 Å². The molecule has 1 fully saturated rings. The summed E-state index contributed by atoms with van der Waals surface area (Å²) >= 11 is 1.65. The highest BCUT2D eigenvalue weighted by molar-refractivity contribution is 7.89. The number of thiazole rings is 1. The van der Waals surface area contributed by atoms with Crippen LogP contribution >= 0.6 is 11.3 Å². The fourth-order valence-electron chi connectivity index (χ4n) is 3.06. The van der Waals surface area contributed by atoms with Gasteiger partial charge in [-0.3, -0.25) is 4.90 Å². The average Bonchev–Trinajstić information content (AvgIpc) is 2.99. The molecule has 2 aromatic rings. The van der Waals surface area contributed by atoms with Gasteiger partial charge in [0, 0.05) is 50.0 Å². The predicted molar refractivity (Wildman–Crippen MR) is 108 cm³/mol. The highest BCUT2D eigenvalue weighted by Crippen LogP contribution is 2.15. The molecular weight excluding hydrogens is 384 g/mol. The Morgan fingerprint density at radius 2 is 2.00 bits per heavy atom. The molecule has 0 unspecified atom stereocenters. The molecule has 7 nitrogen and oxygen atoms in total. The van der Waals surface area contributed by atoms with E-state index in [1.54, 1.807) is 40.5 Å². The fraction of sp³-hybridized carbons (Fsp3) is 0.444. The first-order chi connectivity index (χ1) is 12.8. The van der Waals surface area contributed by atoms with Crippen molar-refractivity contribution in [2.24, 2.45) is 0 Å². The van der Waals surface area contributed by atoms with Crippen LogP contribution in [0.2, 0.25) is 0 Å². The van der Waals surface area contributed by atoms with Crippen LogP contribution in [0.5, 0.6) is 0 Å². The Morgan fingerprint density at radius 3 is 2.63 bits per heavy atom. The monoisotopic (exact) mass is 408 g/mol. The quantitative estimate of drug-likeness (QED) is 0.821. The van der Waals surface area contributed by atoms with Gasteiger partial charge in [-0.15, -0.1) is 11.3 Å². The van der Waals surface area contributed by atoms with Gasteiger partial charge in [-0.25, -0.2) is 18.2 Å². The summed E-state index contributed by atoms with van der Waals surface area (Å²) in [7, 11) is -3.11. The number of carbonyl (C=O) groups excluding carboxylic acids is 1. The van der Waals surface area contributed by atoms with Crippen molar-refractivity contribution in [1.29, 1.82) is 0 Å². The van der Waals surface area contributed by atoms with Crippen molar-refractivity contribution in [3.05, 3.63) is 45.9 Å². The van der Waals surface area contributed by atoms with Crippen LogP contribution in [0.3, 0.4) is 0 Å². The number of piperazine rings is 1. The summed E-state index contributed by atoms with van der Waals surface area (Å²) in [6.45, 7) is 5.72. The van der Waals surface area contributed by atoms with Crippen LogP contribution in [-0.4, -0.2) is 61.7 Å². The molecule has 1 aromatic carbocycles. The van der Waals surface area contributed by atoms with Gasteiger partial charge in [-0.2, -0.15) is 0 Å². The standard InChI is InChI=1S/C18H24N4O3S2/c1-14-19-17(12-26-14)11-21-6-8-22(9-7-21)18(23)20-16-5-3-4-15(10-16)13-27(2,24)25/h3-5,10,12H,6-9,11,13H2,1-2H3,(H,20,23). The maximum atomic E-state index is 12.5. The summed E-state index contributed by atoms with van der Waals surface area (Å²) in [6.07, 6.45) is 1.20. The number of carbonyl (C=O) groups is 1. The Kier molecular flexibility index (Phi) is 6.13. The summed E-state index contributed by atoms with van der Waals surface area (Å²) in [4.78, 5) is 21.1. The molecule has 0 aliphatic carbocycles. The SMILES string of the molecule is Cc1nc(CN2CCN(C(=O)Nc3cccc(CS(C)(=O)=O)c3)CC2)cs1. The lowest BCUT2D eigenvalue weighted by atomic mass is 10.2. The molecule has 0 saturated carbocycles. The number of hydrogen-bond donors (Lipinski definition) is 1. The number of aromatic nitrogens is 1. The normalized spacial score (nSPS) is 15.7. The smallest absolute Gasteiger partial charge is 0.321 e. The molecule has 0 bridgehead atoms. The van der Waals surface area contributed by atoms with E-state index in [4.69, 9.17) is 0 Å². The van der Waals surface area contributed by atoms with Crippen molar-refractivity contribution in [1.82, 2.24) is 14.8 Å². The summed E-state index contributed by atoms with van der Waals surface area (Å²) in [5.41, 5.74) is 2.36. The number of nitrogens with one attached hydrogen (secondary N) is 1. The van der Waals surface area contributed by atoms with Crippen LogP contribution in [0.1, 0.15) is 16.3 Å². The minimum atomic E-state index is -3.11. The van der Waals surface area contributed by atoms with E-state index in [-0.39, 0.29) is 11.8 Å². The van der Waals surface area contributed by atoms with Gasteiger partial charge in [0.1, 0.15) is 0 Å². The van der Waals surface area contributed by atoms with Gasteiger partial charge in [0.2, 0.25) is 0 Å². The van der Waals surface area contributed by atoms with Crippen LogP contribution in [0.25, 0.3) is 0 Å². The molecule has 0 atom stereocenters. The maximum Gasteiger partial charge on any atom is 0.321 e. The van der Waals surface area contributed by atoms with Gasteiger partial charge in [0.25, 0.3) is 0 Å². The van der Waals surface area contributed by atoms with Gasteiger partial charge in [-0.05, 0) is 24.6 Å². The lowest BCUT2D eigenvalue weighted by Crippen LogP contribution is -2.49. The Balaban J connectivity index is 1.51. The molecule has 3 rings (SSSR count). The van der Waals surface area contributed by atoms with E-state index < -0.39 is 9.84 Å². The van der Waals surface area contributed by atoms with Gasteiger partial charge in [0.15, 0.2) is 9.84 Å². The average molecular weight is 409 g/mol. The topological polar surface area (TPSA) is 82.6 Å². The van der Waals surface area contributed by atoms with Gasteiger partial charge in [0.05, 0.1) is 16.5 Å². The Hall–Kier alpha value is -1.97. The number of anilines is 1. The fourth-order valence-corrected chi connectivity index (χ4v) is 4.45. The first-order valence-electron chi connectivity index (χ1n) is 8.74. The van der Waals surface area contributed by atoms with E-state index >= 15 is 0 Å². The third-order valence-corrected chi connectivity index (χ3v) is 6.00. The molecule has 1 saturated heterocycles. The van der Waals surface area contributed by atoms with Crippen LogP contribution in [0.4, 0.5) is 10.5 Å². The van der Waals surface area contributed by atoms with Crippen LogP contribution in [0, 0.1) is 6.92 Å². The number of rotatable bonds is 5. The second-order valence-corrected chi connectivity index (χ2v) is 10.0. The summed E-state index contributed by atoms with van der Waals surface area (Å²) in [5, 5.41) is 6.02. The molecule has 1 aromatic heterocycles. The van der Waals surface area contributed by atoms with Crippen LogP contribution in [0.15, 0.2) is 29.6 Å². The van der Waals surface area contributed by atoms with Crippen molar-refractivity contribution < 1.29 is 13.2 Å². The van der Waals surface area contributed by atoms with Crippen molar-refractivity contribution in [3.63, 3.8) is 0 Å². The van der Waals surface area contributed by atoms with Crippen molar-refractivity contribution in [3.8, 4) is 0 Å². The molecule has 0 radical (unpaired) electrons. The number of urea groups is 1. The number of aryl methyl sites for hydroxylation is 1. The zero-order valence-electron chi connectivity index (χ0n) is 15.5. The predicted octanol–water partition coefficient (Wildman–Crippen LogP) is 2.35. The van der Waals surface area contributed by atoms with E-state index in [2.05, 4.69) is 20.6 Å². The lowest BCUT2D eigenvalue weighted by Gasteiger charge is -2.34. The summed E-state index contributed by atoms with van der Waals surface area (Å²) in [6, 6.07) is 6.82. The van der Waals surface area contributed by atoms with Crippen molar-refractivity contribution >= 4 is 32.9 Å². The van der Waals surface area contributed by atoms with E-state index in [1.165, 1.54) is 6.26 Å². The van der Waals surface area contributed by atoms with Gasteiger partial charge in [-0.1, -0.05) is 12.1 Å². The molecule has 1 N–H and O–H groups in total. The first-order valence-corrected chi connectivity index (χ1v) is 11.7. The summed E-state index contributed by atoms with van der Waals surface area (Å²) < 4.78 is 22.9. The first kappa shape index (κ1) is 19.8. The number of sulfone groups is 1.